The fourth-order valence-corrected chi connectivity index (χ4v) is 4.20. The quantitative estimate of drug-likeness (QED) is 0.493. The number of nitrogens with one attached hydrogen (secondary N) is 1. The molecule has 142 valence electrons. The molecule has 0 bridgehead atoms. The van der Waals surface area contributed by atoms with Crippen molar-refractivity contribution in [2.24, 2.45) is 0 Å². The Kier molecular flexibility index (Phi) is 4.73. The summed E-state index contributed by atoms with van der Waals surface area (Å²) in [5.74, 6) is -0.155. The van der Waals surface area contributed by atoms with E-state index >= 15 is 0 Å². The predicted octanol–water partition coefficient (Wildman–Crippen LogP) is 5.61. The van der Waals surface area contributed by atoms with Gasteiger partial charge in [-0.15, -0.1) is 11.3 Å². The van der Waals surface area contributed by atoms with Crippen molar-refractivity contribution in [2.45, 2.75) is 33.7 Å². The van der Waals surface area contributed by atoms with Gasteiger partial charge >= 0.3 is 0 Å². The smallest absolute Gasteiger partial charge is 0.273 e. The van der Waals surface area contributed by atoms with Crippen LogP contribution in [-0.4, -0.2) is 20.7 Å². The van der Waals surface area contributed by atoms with Crippen LogP contribution in [0.15, 0.2) is 48.5 Å². The summed E-state index contributed by atoms with van der Waals surface area (Å²) in [4.78, 5) is 17.4. The molecule has 0 spiro atoms. The summed E-state index contributed by atoms with van der Waals surface area (Å²) in [6, 6.07) is 16.0. The number of aromatic nitrogens is 3. The second-order valence-corrected chi connectivity index (χ2v) is 8.26. The topological polar surface area (TPSA) is 59.8 Å². The van der Waals surface area contributed by atoms with E-state index in [-0.39, 0.29) is 11.9 Å². The summed E-state index contributed by atoms with van der Waals surface area (Å²) in [5, 5.41) is 8.34. The van der Waals surface area contributed by atoms with Gasteiger partial charge in [0.25, 0.3) is 5.91 Å². The monoisotopic (exact) mass is 390 g/mol. The third kappa shape index (κ3) is 3.55. The Bertz CT molecular complexity index is 1160. The predicted molar refractivity (Wildman–Crippen MR) is 115 cm³/mol. The van der Waals surface area contributed by atoms with E-state index in [9.17, 15) is 4.79 Å². The lowest BCUT2D eigenvalue weighted by molar-refractivity contribution is 0.101. The van der Waals surface area contributed by atoms with Gasteiger partial charge in [0.1, 0.15) is 10.7 Å². The number of hydrogen-bond donors (Lipinski definition) is 1. The first kappa shape index (κ1) is 18.4. The average molecular weight is 391 g/mol. The molecular formula is C22H22N4OS. The van der Waals surface area contributed by atoms with Crippen molar-refractivity contribution >= 4 is 33.1 Å². The zero-order chi connectivity index (χ0) is 19.8. The number of amides is 1. The number of rotatable bonds is 4. The number of thiazole rings is 1. The van der Waals surface area contributed by atoms with E-state index in [4.69, 9.17) is 4.98 Å². The number of nitrogens with zero attached hydrogens (tertiary/aromatic N) is 3. The van der Waals surface area contributed by atoms with Crippen LogP contribution >= 0.6 is 11.3 Å². The molecule has 5 nitrogen and oxygen atoms in total. The van der Waals surface area contributed by atoms with Crippen molar-refractivity contribution in [3.8, 4) is 10.6 Å². The molecule has 0 fully saturated rings. The van der Waals surface area contributed by atoms with E-state index in [0.29, 0.717) is 5.69 Å². The first-order valence-corrected chi connectivity index (χ1v) is 10.1. The van der Waals surface area contributed by atoms with Crippen LogP contribution in [0.25, 0.3) is 20.8 Å². The first-order valence-electron chi connectivity index (χ1n) is 9.26. The van der Waals surface area contributed by atoms with E-state index in [2.05, 4.69) is 35.5 Å². The largest absolute Gasteiger partial charge is 0.321 e. The van der Waals surface area contributed by atoms with Gasteiger partial charge in [0.05, 0.1) is 15.9 Å². The highest BCUT2D eigenvalue weighted by molar-refractivity contribution is 7.21. The maximum Gasteiger partial charge on any atom is 0.273 e. The molecule has 28 heavy (non-hydrogen) atoms. The molecule has 0 aliphatic heterocycles. The molecule has 0 radical (unpaired) electrons. The maximum absolute atomic E-state index is 12.7. The summed E-state index contributed by atoms with van der Waals surface area (Å²) in [5.41, 5.74) is 5.44. The van der Waals surface area contributed by atoms with Crippen LogP contribution < -0.4 is 5.32 Å². The van der Waals surface area contributed by atoms with Crippen molar-refractivity contribution < 1.29 is 4.79 Å². The second kappa shape index (κ2) is 7.20. The molecule has 1 amide bonds. The lowest BCUT2D eigenvalue weighted by Crippen LogP contribution is -2.18. The summed E-state index contributed by atoms with van der Waals surface area (Å²) >= 11 is 1.68. The molecule has 0 saturated heterocycles. The van der Waals surface area contributed by atoms with Gasteiger partial charge in [0.15, 0.2) is 0 Å². The van der Waals surface area contributed by atoms with Gasteiger partial charge in [0.2, 0.25) is 0 Å². The minimum atomic E-state index is -0.155. The molecule has 4 aromatic rings. The Morgan fingerprint density at radius 2 is 1.82 bits per heavy atom. The Morgan fingerprint density at radius 3 is 2.54 bits per heavy atom. The highest BCUT2D eigenvalue weighted by Crippen LogP contribution is 2.31. The standard InChI is InChI=1S/C22H22N4OS/c1-13(2)26-19(12-15(4)25-26)21(27)23-17-8-6-16(7-9-17)22-24-18-10-5-14(3)11-20(18)28-22/h5-13H,1-4H3,(H,23,27). The maximum atomic E-state index is 12.7. The summed E-state index contributed by atoms with van der Waals surface area (Å²) < 4.78 is 2.94. The minimum Gasteiger partial charge on any atom is -0.321 e. The molecule has 2 aromatic carbocycles. The number of carbonyl (C=O) groups excluding carboxylic acids is 1. The lowest BCUT2D eigenvalue weighted by Gasteiger charge is -2.11. The van der Waals surface area contributed by atoms with Crippen LogP contribution in [0.4, 0.5) is 5.69 Å². The summed E-state index contributed by atoms with van der Waals surface area (Å²) in [7, 11) is 0. The molecule has 0 aliphatic rings. The molecule has 0 saturated carbocycles. The third-order valence-corrected chi connectivity index (χ3v) is 5.58. The van der Waals surface area contributed by atoms with Gasteiger partial charge in [-0.2, -0.15) is 5.10 Å². The number of aryl methyl sites for hydroxylation is 2. The highest BCUT2D eigenvalue weighted by Gasteiger charge is 2.16. The summed E-state index contributed by atoms with van der Waals surface area (Å²) in [6.07, 6.45) is 0. The van der Waals surface area contributed by atoms with Crippen molar-refractivity contribution in [1.29, 1.82) is 0 Å². The van der Waals surface area contributed by atoms with Crippen LogP contribution in [0, 0.1) is 13.8 Å². The van der Waals surface area contributed by atoms with Crippen LogP contribution in [0.5, 0.6) is 0 Å². The van der Waals surface area contributed by atoms with Crippen LogP contribution in [0.2, 0.25) is 0 Å². The Morgan fingerprint density at radius 1 is 1.07 bits per heavy atom. The van der Waals surface area contributed by atoms with Crippen molar-refractivity contribution in [3.63, 3.8) is 0 Å². The van der Waals surface area contributed by atoms with E-state index in [0.717, 1.165) is 27.5 Å². The zero-order valence-corrected chi connectivity index (χ0v) is 17.2. The van der Waals surface area contributed by atoms with Crippen LogP contribution in [0.1, 0.15) is 41.6 Å². The molecule has 2 aromatic heterocycles. The number of fused-ring (bicyclic) bond motifs is 1. The molecule has 1 N–H and O–H groups in total. The fourth-order valence-electron chi connectivity index (χ4n) is 3.13. The minimum absolute atomic E-state index is 0.125. The number of benzene rings is 2. The van der Waals surface area contributed by atoms with Crippen molar-refractivity contribution in [1.82, 2.24) is 14.8 Å². The molecular weight excluding hydrogens is 368 g/mol. The Labute approximate surface area is 168 Å². The molecule has 0 aliphatic carbocycles. The van der Waals surface area contributed by atoms with E-state index < -0.39 is 0 Å². The van der Waals surface area contributed by atoms with Gasteiger partial charge in [-0.25, -0.2) is 4.98 Å². The lowest BCUT2D eigenvalue weighted by atomic mass is 10.2. The molecule has 2 heterocycles. The van der Waals surface area contributed by atoms with Crippen molar-refractivity contribution in [2.75, 3.05) is 5.32 Å². The van der Waals surface area contributed by atoms with E-state index in [1.165, 1.54) is 10.3 Å². The van der Waals surface area contributed by atoms with Crippen LogP contribution in [-0.2, 0) is 0 Å². The number of hydrogen-bond acceptors (Lipinski definition) is 4. The number of carbonyl (C=O) groups is 1. The number of anilines is 1. The molecule has 0 atom stereocenters. The van der Waals surface area contributed by atoms with Crippen molar-refractivity contribution in [3.05, 3.63) is 65.5 Å². The first-order chi connectivity index (χ1) is 13.4. The van der Waals surface area contributed by atoms with Gasteiger partial charge in [-0.1, -0.05) is 6.07 Å². The van der Waals surface area contributed by atoms with Gasteiger partial charge < -0.3 is 5.32 Å². The Balaban J connectivity index is 1.55. The van der Waals surface area contributed by atoms with E-state index in [1.54, 1.807) is 16.0 Å². The van der Waals surface area contributed by atoms with E-state index in [1.807, 2.05) is 51.1 Å². The molecule has 6 heteroatoms. The molecule has 0 unspecified atom stereocenters. The normalized spacial score (nSPS) is 11.3. The fraction of sp³-hybridized carbons (Fsp3) is 0.227. The molecule has 4 rings (SSSR count). The Hall–Kier alpha value is -2.99. The van der Waals surface area contributed by atoms with Gasteiger partial charge in [0, 0.05) is 17.3 Å². The van der Waals surface area contributed by atoms with Crippen LogP contribution in [0.3, 0.4) is 0 Å². The van der Waals surface area contributed by atoms with Gasteiger partial charge in [-0.05, 0) is 75.7 Å². The third-order valence-electron chi connectivity index (χ3n) is 4.51. The second-order valence-electron chi connectivity index (χ2n) is 7.23. The average Bonchev–Trinajstić information content (AvgIpc) is 3.25. The summed E-state index contributed by atoms with van der Waals surface area (Å²) in [6.45, 7) is 8.00. The van der Waals surface area contributed by atoms with Gasteiger partial charge in [-0.3, -0.25) is 9.48 Å². The zero-order valence-electron chi connectivity index (χ0n) is 16.4. The SMILES string of the molecule is Cc1ccc2nc(-c3ccc(NC(=O)c4cc(C)nn4C(C)C)cc3)sc2c1. The highest BCUT2D eigenvalue weighted by atomic mass is 32.1.